The van der Waals surface area contributed by atoms with Crippen LogP contribution in [0.1, 0.15) is 40.2 Å². The highest BCUT2D eigenvalue weighted by Gasteiger charge is 2.43. The van der Waals surface area contributed by atoms with Crippen LogP contribution in [-0.4, -0.2) is 70.9 Å². The van der Waals surface area contributed by atoms with Gasteiger partial charge < -0.3 is 19.8 Å². The van der Waals surface area contributed by atoms with E-state index in [4.69, 9.17) is 5.11 Å². The fourth-order valence-electron chi connectivity index (χ4n) is 5.61. The number of piperidine rings is 1. The maximum Gasteiger partial charge on any atom is 0.416 e. The Balaban J connectivity index is 1.58. The van der Waals surface area contributed by atoms with E-state index >= 15 is 0 Å². The van der Waals surface area contributed by atoms with E-state index in [1.165, 1.54) is 30.1 Å². The summed E-state index contributed by atoms with van der Waals surface area (Å²) in [6.45, 7) is 1.33. The number of hydrogen-bond donors (Lipinski definition) is 1. The lowest BCUT2D eigenvalue weighted by Crippen LogP contribution is -2.58. The van der Waals surface area contributed by atoms with Crippen molar-refractivity contribution in [1.82, 2.24) is 14.7 Å². The maximum atomic E-state index is 13.9. The Morgan fingerprint density at radius 3 is 2.05 bits per heavy atom. The van der Waals surface area contributed by atoms with Gasteiger partial charge in [-0.15, -0.1) is 0 Å². The summed E-state index contributed by atoms with van der Waals surface area (Å²) < 4.78 is 93.9. The van der Waals surface area contributed by atoms with Crippen LogP contribution in [-0.2, 0) is 28.5 Å². The molecule has 2 aliphatic rings. The molecule has 2 atom stereocenters. The number of benzene rings is 2. The molecule has 0 unspecified atom stereocenters. The Labute approximate surface area is 236 Å². The van der Waals surface area contributed by atoms with Crippen molar-refractivity contribution in [2.75, 3.05) is 33.2 Å². The second kappa shape index (κ2) is 11.4. The van der Waals surface area contributed by atoms with E-state index in [1.54, 1.807) is 6.92 Å². The molecule has 228 valence electrons. The summed E-state index contributed by atoms with van der Waals surface area (Å²) in [7, 11) is 1.27. The molecule has 0 bridgehead atoms. The maximum absolute atomic E-state index is 13.9. The van der Waals surface area contributed by atoms with Crippen LogP contribution < -0.4 is 0 Å². The fraction of sp³-hybridized carbons (Fsp3) is 0.464. The minimum atomic E-state index is -5.04. The lowest BCUT2D eigenvalue weighted by atomic mass is 9.77. The van der Waals surface area contributed by atoms with Gasteiger partial charge in [-0.1, -0.05) is 6.07 Å². The summed E-state index contributed by atoms with van der Waals surface area (Å²) in [5.74, 6) is -3.38. The lowest BCUT2D eigenvalue weighted by Gasteiger charge is -2.44. The van der Waals surface area contributed by atoms with E-state index in [1.807, 2.05) is 0 Å². The summed E-state index contributed by atoms with van der Waals surface area (Å²) in [6, 6.07) is 5.11. The van der Waals surface area contributed by atoms with Gasteiger partial charge in [0.05, 0.1) is 17.0 Å². The van der Waals surface area contributed by atoms with Crippen molar-refractivity contribution in [2.45, 2.75) is 38.2 Å². The highest BCUT2D eigenvalue weighted by molar-refractivity contribution is 5.84. The van der Waals surface area contributed by atoms with Gasteiger partial charge >= 0.3 is 18.4 Å². The SMILES string of the molecule is Cc1cc(F)ccc1[C@@H]1CN(C(=O)C2CN(C(=O)O)C2)CC[C@H]1C(=O)N(C)Cc1cc(C(F)(F)F)cc(C(F)(F)F)c1. The Bertz CT molecular complexity index is 1340. The number of aryl methyl sites for hydroxylation is 1. The molecule has 0 spiro atoms. The first-order valence-corrected chi connectivity index (χ1v) is 13.0. The summed E-state index contributed by atoms with van der Waals surface area (Å²) in [5, 5.41) is 9.07. The second-order valence-electron chi connectivity index (χ2n) is 10.8. The Hall–Kier alpha value is -3.84. The summed E-state index contributed by atoms with van der Waals surface area (Å²) in [4.78, 5) is 41.5. The molecule has 42 heavy (non-hydrogen) atoms. The van der Waals surface area contributed by atoms with E-state index in [-0.39, 0.29) is 50.1 Å². The van der Waals surface area contributed by atoms with Crippen molar-refractivity contribution in [3.05, 3.63) is 70.0 Å². The summed E-state index contributed by atoms with van der Waals surface area (Å²) in [5.41, 5.74) is -2.26. The third-order valence-electron chi connectivity index (χ3n) is 7.82. The van der Waals surface area contributed by atoms with Gasteiger partial charge in [0, 0.05) is 51.6 Å². The highest BCUT2D eigenvalue weighted by atomic mass is 19.4. The molecule has 3 amide bonds. The normalized spacial score (nSPS) is 19.8. The average molecular weight is 604 g/mol. The third-order valence-corrected chi connectivity index (χ3v) is 7.82. The molecule has 2 aromatic carbocycles. The van der Waals surface area contributed by atoms with E-state index < -0.39 is 65.6 Å². The standard InChI is InChI=1S/C28H28F7N3O4/c1-15-7-20(29)3-4-21(15)23-14-37(24(39)17-12-38(13-17)26(41)42)6-5-22(23)25(40)36(2)11-16-8-18(27(30,31)32)10-19(9-16)28(33,34)35/h3-4,7-10,17,22-23H,5-6,11-14H2,1-2H3,(H,41,42)/t22-,23+/m1/s1. The average Bonchev–Trinajstić information content (AvgIpc) is 2.85. The van der Waals surface area contributed by atoms with E-state index in [2.05, 4.69) is 0 Å². The predicted molar refractivity (Wildman–Crippen MR) is 135 cm³/mol. The molecule has 0 aliphatic carbocycles. The highest BCUT2D eigenvalue weighted by Crippen LogP contribution is 2.39. The van der Waals surface area contributed by atoms with Crippen LogP contribution in [0.3, 0.4) is 0 Å². The van der Waals surface area contributed by atoms with E-state index in [0.29, 0.717) is 23.3 Å². The van der Waals surface area contributed by atoms with Crippen LogP contribution in [0.5, 0.6) is 0 Å². The Morgan fingerprint density at radius 1 is 0.929 bits per heavy atom. The molecular weight excluding hydrogens is 575 g/mol. The minimum Gasteiger partial charge on any atom is -0.465 e. The molecule has 1 N–H and O–H groups in total. The van der Waals surface area contributed by atoms with Crippen LogP contribution in [0.25, 0.3) is 0 Å². The first-order chi connectivity index (χ1) is 19.5. The van der Waals surface area contributed by atoms with Gasteiger partial charge in [-0.2, -0.15) is 26.3 Å². The van der Waals surface area contributed by atoms with Crippen LogP contribution in [0.2, 0.25) is 0 Å². The smallest absolute Gasteiger partial charge is 0.416 e. The third kappa shape index (κ3) is 6.62. The number of halogens is 7. The van der Waals surface area contributed by atoms with Crippen LogP contribution in [0.15, 0.2) is 36.4 Å². The Morgan fingerprint density at radius 2 is 1.52 bits per heavy atom. The molecular formula is C28H28F7N3O4. The Kier molecular flexibility index (Phi) is 8.47. The number of amides is 3. The first-order valence-electron chi connectivity index (χ1n) is 13.0. The topological polar surface area (TPSA) is 81.2 Å². The van der Waals surface area contributed by atoms with Crippen molar-refractivity contribution in [3.63, 3.8) is 0 Å². The molecule has 2 fully saturated rings. The number of nitrogens with zero attached hydrogens (tertiary/aromatic N) is 3. The second-order valence-corrected chi connectivity index (χ2v) is 10.8. The van der Waals surface area contributed by atoms with Crippen molar-refractivity contribution < 1.29 is 50.2 Å². The molecule has 2 heterocycles. The van der Waals surface area contributed by atoms with Gasteiger partial charge in [-0.3, -0.25) is 9.59 Å². The van der Waals surface area contributed by atoms with Crippen LogP contribution >= 0.6 is 0 Å². The number of rotatable bonds is 5. The molecule has 4 rings (SSSR count). The zero-order valence-electron chi connectivity index (χ0n) is 22.6. The molecule has 14 heteroatoms. The van der Waals surface area contributed by atoms with Gasteiger partial charge in [-0.25, -0.2) is 9.18 Å². The van der Waals surface area contributed by atoms with Gasteiger partial charge in [-0.05, 0) is 60.4 Å². The van der Waals surface area contributed by atoms with Gasteiger partial charge in [0.25, 0.3) is 0 Å². The van der Waals surface area contributed by atoms with Crippen molar-refractivity contribution in [1.29, 1.82) is 0 Å². The molecule has 0 radical (unpaired) electrons. The quantitative estimate of drug-likeness (QED) is 0.466. The molecule has 0 aromatic heterocycles. The largest absolute Gasteiger partial charge is 0.465 e. The number of hydrogen-bond acceptors (Lipinski definition) is 3. The van der Waals surface area contributed by atoms with Crippen LogP contribution in [0.4, 0.5) is 35.5 Å². The zero-order chi connectivity index (χ0) is 31.1. The number of likely N-dealkylation sites (tertiary alicyclic amines) is 2. The van der Waals surface area contributed by atoms with Crippen molar-refractivity contribution in [2.24, 2.45) is 11.8 Å². The van der Waals surface area contributed by atoms with Gasteiger partial charge in [0.15, 0.2) is 0 Å². The molecule has 2 saturated heterocycles. The predicted octanol–water partition coefficient (Wildman–Crippen LogP) is 5.37. The number of alkyl halides is 6. The fourth-order valence-corrected chi connectivity index (χ4v) is 5.61. The summed E-state index contributed by atoms with van der Waals surface area (Å²) >= 11 is 0. The molecule has 2 aliphatic heterocycles. The molecule has 0 saturated carbocycles. The summed E-state index contributed by atoms with van der Waals surface area (Å²) in [6.07, 6.45) is -11.1. The molecule has 7 nitrogen and oxygen atoms in total. The number of carbonyl (C=O) groups excluding carboxylic acids is 2. The van der Waals surface area contributed by atoms with Crippen molar-refractivity contribution >= 4 is 17.9 Å². The van der Waals surface area contributed by atoms with Crippen molar-refractivity contribution in [3.8, 4) is 0 Å². The van der Waals surface area contributed by atoms with E-state index in [9.17, 15) is 45.1 Å². The first kappa shape index (κ1) is 31.1. The zero-order valence-corrected chi connectivity index (χ0v) is 22.6. The molecule has 2 aromatic rings. The van der Waals surface area contributed by atoms with Crippen LogP contribution in [0, 0.1) is 24.6 Å². The monoisotopic (exact) mass is 603 g/mol. The van der Waals surface area contributed by atoms with Gasteiger partial charge in [0.2, 0.25) is 11.8 Å². The number of carboxylic acid groups (broad SMARTS) is 1. The van der Waals surface area contributed by atoms with Gasteiger partial charge in [0.1, 0.15) is 5.82 Å². The lowest BCUT2D eigenvalue weighted by molar-refractivity contribution is -0.146. The number of carbonyl (C=O) groups is 3. The van der Waals surface area contributed by atoms with E-state index in [0.717, 1.165) is 9.80 Å². The minimum absolute atomic E-state index is 0.0170.